The third-order valence-corrected chi connectivity index (χ3v) is 21.0. The van der Waals surface area contributed by atoms with Crippen LogP contribution in [0, 0.1) is 0 Å². The smallest absolute Gasteiger partial charge is 0.452 e. The topological polar surface area (TPSA) is 146 Å². The normalized spacial score (nSPS) is 12.1. The molecule has 0 fully saturated rings. The Morgan fingerprint density at radius 2 is 0.429 bits per heavy atom. The van der Waals surface area contributed by atoms with E-state index < -0.39 is 0 Å². The quantitative estimate of drug-likeness (QED) is 0.0897. The van der Waals surface area contributed by atoms with Crippen molar-refractivity contribution in [2.24, 2.45) is 0 Å². The number of nitrogens with one attached hydrogen (secondary N) is 2. The summed E-state index contributed by atoms with van der Waals surface area (Å²) in [5.41, 5.74) is 12.5. The molecular weight excluding hydrogens is 1490 g/mol. The summed E-state index contributed by atoms with van der Waals surface area (Å²) in [6, 6.07) is 99.2. The van der Waals surface area contributed by atoms with Crippen molar-refractivity contribution in [1.29, 1.82) is 0 Å². The molecule has 8 bridgehead atoms. The number of nitrogens with zero attached hydrogens (tertiary/aromatic N) is 6. The van der Waals surface area contributed by atoms with E-state index in [0.29, 0.717) is 79.7 Å². The number of hydrogen-bond donors (Lipinski definition) is 2. The van der Waals surface area contributed by atoms with Crippen LogP contribution in [0.1, 0.15) is 99.9 Å². The number of ether oxygens (including phenoxy) is 4. The van der Waals surface area contributed by atoms with Gasteiger partial charge in [-0.25, -0.2) is 29.9 Å². The second-order valence-corrected chi connectivity index (χ2v) is 28.8. The Kier molecular flexibility index (Phi) is 17.4. The van der Waals surface area contributed by atoms with Gasteiger partial charge in [0.25, 0.3) is 0 Å². The van der Waals surface area contributed by atoms with Crippen LogP contribution in [-0.4, -0.2) is 67.2 Å². The number of aromatic nitrogens is 8. The molecule has 506 valence electrons. The summed E-state index contributed by atoms with van der Waals surface area (Å²) >= 11 is 0. The van der Waals surface area contributed by atoms with Gasteiger partial charge in [-0.3, -0.25) is 0 Å². The van der Waals surface area contributed by atoms with Crippen molar-refractivity contribution in [2.45, 2.75) is 77.0 Å². The van der Waals surface area contributed by atoms with E-state index in [4.69, 9.17) is 48.9 Å². The Hall–Kier alpha value is -11.9. The summed E-state index contributed by atoms with van der Waals surface area (Å²) in [7, 11) is 0. The Labute approximate surface area is 630 Å². The number of benzene rings is 12. The largest absolute Gasteiger partial charge is 4.00 e. The maximum atomic E-state index is 7.67. The van der Waals surface area contributed by atoms with Crippen molar-refractivity contribution < 1.29 is 18.9 Å². The van der Waals surface area contributed by atoms with Gasteiger partial charge in [-0.05, 0) is 93.0 Å². The van der Waals surface area contributed by atoms with Gasteiger partial charge in [0.2, 0.25) is 11.5 Å². The van der Waals surface area contributed by atoms with Crippen molar-refractivity contribution in [1.82, 2.24) is 39.9 Å². The fourth-order valence-electron chi connectivity index (χ4n) is 14.5. The third kappa shape index (κ3) is 12.5. The minimum atomic E-state index is -0.366. The first-order valence-corrected chi connectivity index (χ1v) is 35.2. The zero-order chi connectivity index (χ0) is 70.9. The van der Waals surface area contributed by atoms with E-state index in [0.717, 1.165) is 55.3 Å². The van der Waals surface area contributed by atoms with Crippen LogP contribution in [0.25, 0.3) is 89.7 Å². The molecule has 0 radical (unpaired) electrons. The number of hydrogen-bond acceptors (Lipinski definition) is 10. The van der Waals surface area contributed by atoms with Gasteiger partial charge in [0.1, 0.15) is 45.6 Å². The van der Waals surface area contributed by atoms with Crippen LogP contribution in [0.4, 0.5) is 0 Å². The van der Waals surface area contributed by atoms with Gasteiger partial charge >= 0.3 is 27.3 Å². The van der Waals surface area contributed by atoms with Gasteiger partial charge < -0.3 is 28.9 Å². The standard InChI is InChI=1S/C92H74N8O4.Pb/c1-89(2,57-27-13-9-14-28-57)61-41-49-65(50-42-61)101-77-75-76(88-99-86-74-40-26-24-38-72(74)84(97-86)95-82-70-36-22-21-35-69(70)81(93-82)94-83-71-37-23-25-39-73(71)85(96-83)98-87(75)100-88)78(102-66-51-43-62(44-52-66)90(3,4)58-29-15-10-16-30-58)80(104-68-55-47-64(48-56-68)92(7,8)60-33-19-12-20-34-60)79(77)103-67-53-45-63(46-54-67)91(5,6)59-31-17-11-18-32-59;/h9-56H,1-8H3,(H2,93,94,95,96,97,98,99,100);/q;+4. The molecule has 0 atom stereocenters. The molecule has 12 nitrogen and oxygen atoms in total. The van der Waals surface area contributed by atoms with Crippen molar-refractivity contribution in [2.75, 3.05) is 0 Å². The van der Waals surface area contributed by atoms with Gasteiger partial charge in [-0.15, -0.1) is 0 Å². The van der Waals surface area contributed by atoms with Crippen molar-refractivity contribution in [3.05, 3.63) is 336 Å². The SMILES string of the molecule is CC(C)(c1ccccc1)c1ccc(Oc2c(Oc3ccc(C(C)(C)c4ccccc4)cc3)c(Oc3ccc(C(C)(C)c4ccccc4)cc3)c3c4nc5nc(nc6[nH]c(nc7nc(nc([nH]4)c3c2Oc2ccc(C(C)(C)c3ccccc3)cc2)-c2ccccc2-7)c2ccccc62)-c2ccccc2-5)cc1.[Pb+4]. The minimum Gasteiger partial charge on any atom is -0.452 e. The molecule has 0 unspecified atom stereocenters. The Morgan fingerprint density at radius 1 is 0.219 bits per heavy atom. The van der Waals surface area contributed by atoms with Gasteiger partial charge in [-0.1, -0.05) is 298 Å². The molecule has 5 heterocycles. The predicted octanol–water partition coefficient (Wildman–Crippen LogP) is 23.0. The van der Waals surface area contributed by atoms with E-state index in [1.54, 1.807) is 0 Å². The fourth-order valence-corrected chi connectivity index (χ4v) is 14.5. The number of H-pyrrole nitrogens is 2. The molecule has 2 aliphatic rings. The Bertz CT molecular complexity index is 5580. The van der Waals surface area contributed by atoms with Crippen LogP contribution >= 0.6 is 0 Å². The van der Waals surface area contributed by atoms with Crippen LogP contribution in [0.3, 0.4) is 0 Å². The molecule has 3 aromatic heterocycles. The molecular formula is C92H74N8O4Pb+4. The number of aromatic amines is 2. The van der Waals surface area contributed by atoms with Crippen LogP contribution in [0.2, 0.25) is 0 Å². The molecule has 2 N–H and O–H groups in total. The molecule has 13 heteroatoms. The molecule has 0 aliphatic carbocycles. The van der Waals surface area contributed by atoms with E-state index in [9.17, 15) is 0 Å². The average molecular weight is 1560 g/mol. The van der Waals surface area contributed by atoms with Crippen LogP contribution in [0.15, 0.2) is 291 Å². The third-order valence-electron chi connectivity index (χ3n) is 21.0. The van der Waals surface area contributed by atoms with Gasteiger partial charge in [0.15, 0.2) is 34.8 Å². The average Bonchev–Trinajstić information content (AvgIpc) is 1.60. The van der Waals surface area contributed by atoms with E-state index >= 15 is 0 Å². The second kappa shape index (κ2) is 27.1. The first-order chi connectivity index (χ1) is 50.5. The van der Waals surface area contributed by atoms with Crippen molar-refractivity contribution in [3.8, 4) is 91.5 Å². The second-order valence-electron chi connectivity index (χ2n) is 28.8. The molecule has 12 aromatic carbocycles. The van der Waals surface area contributed by atoms with Gasteiger partial charge in [0.05, 0.1) is 10.8 Å². The molecule has 2 aliphatic heterocycles. The predicted molar refractivity (Wildman–Crippen MR) is 422 cm³/mol. The summed E-state index contributed by atoms with van der Waals surface area (Å²) in [6.45, 7) is 17.9. The van der Waals surface area contributed by atoms with Crippen LogP contribution in [-0.2, 0) is 21.7 Å². The first kappa shape index (κ1) is 67.6. The van der Waals surface area contributed by atoms with E-state index in [-0.39, 0.29) is 72.0 Å². The van der Waals surface area contributed by atoms with E-state index in [1.165, 1.54) is 22.3 Å². The van der Waals surface area contributed by atoms with Gasteiger partial charge in [-0.2, -0.15) is 0 Å². The molecule has 15 aromatic rings. The molecule has 105 heavy (non-hydrogen) atoms. The van der Waals surface area contributed by atoms with E-state index in [2.05, 4.69) is 211 Å². The fraction of sp³-hybridized carbons (Fsp3) is 0.130. The maximum Gasteiger partial charge on any atom is 4.00 e. The maximum absolute atomic E-state index is 7.67. The van der Waals surface area contributed by atoms with Crippen molar-refractivity contribution in [3.63, 3.8) is 0 Å². The Morgan fingerprint density at radius 3 is 0.695 bits per heavy atom. The minimum absolute atomic E-state index is 0. The number of fused-ring (bicyclic) bond motifs is 20. The summed E-state index contributed by atoms with van der Waals surface area (Å²) in [5.74, 6) is 4.52. The van der Waals surface area contributed by atoms with Gasteiger partial charge in [0, 0.05) is 54.7 Å². The molecule has 0 spiro atoms. The zero-order valence-electron chi connectivity index (χ0n) is 59.5. The zero-order valence-corrected chi connectivity index (χ0v) is 63.4. The summed E-state index contributed by atoms with van der Waals surface area (Å²) < 4.78 is 30.6. The monoisotopic (exact) mass is 1560 g/mol. The van der Waals surface area contributed by atoms with Crippen LogP contribution < -0.4 is 18.9 Å². The van der Waals surface area contributed by atoms with Crippen LogP contribution in [0.5, 0.6) is 46.0 Å². The molecule has 0 amide bonds. The Balaban J connectivity index is 0.00000847. The molecule has 0 saturated carbocycles. The summed E-state index contributed by atoms with van der Waals surface area (Å²) in [4.78, 5) is 40.1. The van der Waals surface area contributed by atoms with E-state index in [1.807, 2.05) is 146 Å². The number of rotatable bonds is 16. The van der Waals surface area contributed by atoms with Crippen molar-refractivity contribution >= 4 is 71.4 Å². The summed E-state index contributed by atoms with van der Waals surface area (Å²) in [5, 5.41) is 2.62. The summed E-state index contributed by atoms with van der Waals surface area (Å²) in [6.07, 6.45) is 0. The molecule has 17 rings (SSSR count). The first-order valence-electron chi connectivity index (χ1n) is 35.2. The molecule has 0 saturated heterocycles.